The van der Waals surface area contributed by atoms with E-state index in [0.29, 0.717) is 16.3 Å². The first-order valence-corrected chi connectivity index (χ1v) is 9.64. The molecule has 1 fully saturated rings. The van der Waals surface area contributed by atoms with Gasteiger partial charge in [0.1, 0.15) is 28.7 Å². The van der Waals surface area contributed by atoms with Crippen LogP contribution in [0.25, 0.3) is 0 Å². The number of carboxylic acids is 1. The molecule has 0 bridgehead atoms. The summed E-state index contributed by atoms with van der Waals surface area (Å²) in [5.41, 5.74) is 6.23. The van der Waals surface area contributed by atoms with Crippen molar-refractivity contribution < 1.29 is 29.0 Å². The van der Waals surface area contributed by atoms with Crippen molar-refractivity contribution in [2.24, 2.45) is 0 Å². The van der Waals surface area contributed by atoms with Crippen LogP contribution in [0.5, 0.6) is 0 Å². The van der Waals surface area contributed by atoms with Crippen LogP contribution >= 0.6 is 23.3 Å². The van der Waals surface area contributed by atoms with Crippen molar-refractivity contribution in [3.63, 3.8) is 0 Å². The number of amides is 2. The van der Waals surface area contributed by atoms with Gasteiger partial charge in [-0.25, -0.2) is 4.79 Å². The van der Waals surface area contributed by atoms with Crippen LogP contribution in [0.1, 0.15) is 12.6 Å². The molecule has 2 aliphatic rings. The minimum absolute atomic E-state index is 0.0196. The highest BCUT2D eigenvalue weighted by molar-refractivity contribution is 8.00. The summed E-state index contributed by atoms with van der Waals surface area (Å²) in [5, 5.41) is 12.1. The first-order valence-electron chi connectivity index (χ1n) is 7.81. The van der Waals surface area contributed by atoms with Crippen LogP contribution in [0.4, 0.5) is 5.00 Å². The Morgan fingerprint density at radius 2 is 2.22 bits per heavy atom. The zero-order chi connectivity index (χ0) is 19.7. The Morgan fingerprint density at radius 3 is 2.81 bits per heavy atom. The van der Waals surface area contributed by atoms with Gasteiger partial charge in [0.05, 0.1) is 12.1 Å². The molecule has 27 heavy (non-hydrogen) atoms. The number of β-lactam (4-membered cyclic amide) rings is 1. The second-order valence-electron chi connectivity index (χ2n) is 5.89. The van der Waals surface area contributed by atoms with Gasteiger partial charge in [0, 0.05) is 18.2 Å². The Kier molecular flexibility index (Phi) is 5.37. The number of nitrogens with one attached hydrogen (secondary N) is 1. The predicted molar refractivity (Wildman–Crippen MR) is 96.5 cm³/mol. The van der Waals surface area contributed by atoms with E-state index >= 15 is 0 Å². The number of nitrogen functional groups attached to an aromatic ring is 1. The number of aromatic nitrogens is 1. The van der Waals surface area contributed by atoms with E-state index in [2.05, 4.69) is 9.69 Å². The Hall–Kier alpha value is -2.60. The summed E-state index contributed by atoms with van der Waals surface area (Å²) in [6.45, 7) is 1.03. The largest absolute Gasteiger partial charge is 0.477 e. The highest BCUT2D eigenvalue weighted by atomic mass is 32.2. The molecule has 0 radical (unpaired) electrons. The van der Waals surface area contributed by atoms with Crippen LogP contribution in [0.15, 0.2) is 17.3 Å². The number of carboxylic acid groups (broad SMARTS) is 1. The van der Waals surface area contributed by atoms with Gasteiger partial charge < -0.3 is 20.9 Å². The normalized spacial score (nSPS) is 21.4. The highest BCUT2D eigenvalue weighted by Gasteiger charge is 2.54. The summed E-state index contributed by atoms with van der Waals surface area (Å²) in [4.78, 5) is 48.3. The summed E-state index contributed by atoms with van der Waals surface area (Å²) in [6.07, 6.45) is -0.0196. The quantitative estimate of drug-likeness (QED) is 0.417. The molecule has 144 valence electrons. The summed E-state index contributed by atoms with van der Waals surface area (Å²) in [7, 11) is 0. The molecule has 1 aromatic heterocycles. The minimum Gasteiger partial charge on any atom is -0.477 e. The number of nitrogens with zero attached hydrogens (tertiary/aromatic N) is 2. The standard InChI is InChI=1S/C15H16N4O6S2/c1-6(20)25-4-7-5-26-14-11(13(22)19(14)12(7)15(23)24)17-10(21)3-8-2-9(16)27-18-8/h2,11,14H,3-5,16H2,1H3,(H,17,21)(H,23,24)/t11-,14-/m1/s1. The molecule has 12 heteroatoms. The number of anilines is 1. The van der Waals surface area contributed by atoms with Gasteiger partial charge in [-0.3, -0.25) is 19.3 Å². The fraction of sp³-hybridized carbons (Fsp3) is 0.400. The van der Waals surface area contributed by atoms with E-state index in [1.807, 2.05) is 0 Å². The zero-order valence-corrected chi connectivity index (χ0v) is 15.8. The second-order valence-corrected chi connectivity index (χ2v) is 7.83. The molecule has 2 atom stereocenters. The maximum atomic E-state index is 12.4. The average Bonchev–Trinajstić information content (AvgIpc) is 3.01. The Morgan fingerprint density at radius 1 is 1.48 bits per heavy atom. The van der Waals surface area contributed by atoms with Crippen LogP contribution in [-0.4, -0.2) is 61.9 Å². The molecule has 2 amide bonds. The first-order chi connectivity index (χ1) is 12.8. The van der Waals surface area contributed by atoms with Crippen molar-refractivity contribution in [3.8, 4) is 0 Å². The molecule has 4 N–H and O–H groups in total. The van der Waals surface area contributed by atoms with Crippen molar-refractivity contribution in [3.05, 3.63) is 23.0 Å². The maximum Gasteiger partial charge on any atom is 0.352 e. The smallest absolute Gasteiger partial charge is 0.352 e. The number of aliphatic carboxylic acids is 1. The van der Waals surface area contributed by atoms with E-state index in [0.717, 1.165) is 16.4 Å². The van der Waals surface area contributed by atoms with Crippen molar-refractivity contribution in [1.29, 1.82) is 0 Å². The summed E-state index contributed by atoms with van der Waals surface area (Å²) >= 11 is 2.38. The van der Waals surface area contributed by atoms with Gasteiger partial charge >= 0.3 is 11.9 Å². The minimum atomic E-state index is -1.28. The number of hydrogen-bond acceptors (Lipinski definition) is 9. The Labute approximate surface area is 161 Å². The fourth-order valence-electron chi connectivity index (χ4n) is 2.78. The van der Waals surface area contributed by atoms with Crippen molar-refractivity contribution in [1.82, 2.24) is 14.6 Å². The molecule has 3 rings (SSSR count). The van der Waals surface area contributed by atoms with Crippen LogP contribution in [-0.2, 0) is 30.3 Å². The van der Waals surface area contributed by atoms with Gasteiger partial charge in [0.25, 0.3) is 5.91 Å². The van der Waals surface area contributed by atoms with Crippen LogP contribution in [0.3, 0.4) is 0 Å². The molecule has 0 aliphatic carbocycles. The molecule has 10 nitrogen and oxygen atoms in total. The number of carbonyl (C=O) groups is 4. The van der Waals surface area contributed by atoms with Gasteiger partial charge in [-0.2, -0.15) is 4.37 Å². The third-order valence-electron chi connectivity index (χ3n) is 3.93. The summed E-state index contributed by atoms with van der Waals surface area (Å²) < 4.78 is 8.88. The molecule has 0 spiro atoms. The molecule has 0 aromatic carbocycles. The first kappa shape index (κ1) is 19.2. The molecular formula is C15H16N4O6S2. The lowest BCUT2D eigenvalue weighted by Gasteiger charge is -2.49. The molecule has 0 saturated carbocycles. The number of ether oxygens (including phenoxy) is 1. The molecule has 0 unspecified atom stereocenters. The number of fused-ring (bicyclic) bond motifs is 1. The number of esters is 1. The monoisotopic (exact) mass is 412 g/mol. The van der Waals surface area contributed by atoms with E-state index in [1.165, 1.54) is 18.7 Å². The zero-order valence-electron chi connectivity index (χ0n) is 14.1. The third-order valence-corrected chi connectivity index (χ3v) is 5.93. The summed E-state index contributed by atoms with van der Waals surface area (Å²) in [6, 6.07) is 0.768. The van der Waals surface area contributed by atoms with Gasteiger partial charge in [0.15, 0.2) is 0 Å². The Bertz CT molecular complexity index is 851. The predicted octanol–water partition coefficient (Wildman–Crippen LogP) is -0.430. The number of carbonyl (C=O) groups excluding carboxylic acids is 3. The van der Waals surface area contributed by atoms with Gasteiger partial charge in [-0.1, -0.05) is 0 Å². The number of hydrogen-bond donors (Lipinski definition) is 3. The van der Waals surface area contributed by atoms with E-state index in [4.69, 9.17) is 10.5 Å². The lowest BCUT2D eigenvalue weighted by molar-refractivity contribution is -0.151. The van der Waals surface area contributed by atoms with E-state index < -0.39 is 35.2 Å². The average molecular weight is 412 g/mol. The van der Waals surface area contributed by atoms with Crippen molar-refractivity contribution in [2.45, 2.75) is 24.8 Å². The van der Waals surface area contributed by atoms with Crippen LogP contribution in [0.2, 0.25) is 0 Å². The number of nitrogens with two attached hydrogens (primary N) is 1. The molecule has 3 heterocycles. The van der Waals surface area contributed by atoms with Gasteiger partial charge in [-0.05, 0) is 17.6 Å². The number of rotatable bonds is 6. The fourth-order valence-corrected chi connectivity index (χ4v) is 4.64. The summed E-state index contributed by atoms with van der Waals surface area (Å²) in [5.74, 6) is -2.46. The van der Waals surface area contributed by atoms with E-state index in [9.17, 15) is 24.3 Å². The SMILES string of the molecule is CC(=O)OCC1=C(C(=O)O)N2C(=O)[C@@H](NC(=O)Cc3cc(N)sn3)[C@H]2SC1. The lowest BCUT2D eigenvalue weighted by atomic mass is 10.0. The molecular weight excluding hydrogens is 396 g/mol. The van der Waals surface area contributed by atoms with Crippen molar-refractivity contribution >= 4 is 52.0 Å². The van der Waals surface area contributed by atoms with E-state index in [-0.39, 0.29) is 24.5 Å². The second kappa shape index (κ2) is 7.56. The lowest BCUT2D eigenvalue weighted by Crippen LogP contribution is -2.70. The Balaban J connectivity index is 1.68. The topological polar surface area (TPSA) is 152 Å². The highest BCUT2D eigenvalue weighted by Crippen LogP contribution is 2.40. The molecule has 1 saturated heterocycles. The molecule has 2 aliphatic heterocycles. The molecule has 1 aromatic rings. The van der Waals surface area contributed by atoms with Gasteiger partial charge in [0.2, 0.25) is 5.91 Å². The van der Waals surface area contributed by atoms with E-state index in [1.54, 1.807) is 6.07 Å². The maximum absolute atomic E-state index is 12.4. The number of thioether (sulfide) groups is 1. The van der Waals surface area contributed by atoms with Gasteiger partial charge in [-0.15, -0.1) is 11.8 Å². The van der Waals surface area contributed by atoms with Crippen LogP contribution in [0, 0.1) is 0 Å². The van der Waals surface area contributed by atoms with Crippen molar-refractivity contribution in [2.75, 3.05) is 18.1 Å². The van der Waals surface area contributed by atoms with Crippen LogP contribution < -0.4 is 11.1 Å². The third kappa shape index (κ3) is 3.90.